The molecule has 0 radical (unpaired) electrons. The molecule has 2 aromatic heterocycles. The zero-order chi connectivity index (χ0) is 30.1. The van der Waals surface area contributed by atoms with Gasteiger partial charge in [-0.25, -0.2) is 9.67 Å². The van der Waals surface area contributed by atoms with E-state index in [1.54, 1.807) is 11.5 Å². The fraction of sp³-hybridized carbons (Fsp3) is 0.542. The van der Waals surface area contributed by atoms with E-state index in [0.29, 0.717) is 24.7 Å². The van der Waals surface area contributed by atoms with Crippen LogP contribution in [0, 0.1) is 5.41 Å². The summed E-state index contributed by atoms with van der Waals surface area (Å²) in [5, 5.41) is 32.6. The number of anilines is 1. The van der Waals surface area contributed by atoms with Gasteiger partial charge in [-0.3, -0.25) is 19.2 Å². The highest BCUT2D eigenvalue weighted by Crippen LogP contribution is 2.44. The molecule has 18 heteroatoms. The number of thioether (sulfide) groups is 2. The Balaban J connectivity index is 1.41. The third-order valence-corrected chi connectivity index (χ3v) is 10.2. The molecule has 3 N–H and O–H groups in total. The SMILES string of the molecule is C=CCn1nnnc1SCC1(C(=O)O)CS[C@@H]2C(NC(=O)C(=NOCCCCCC)c3csc(NC=O)n3)C(=O)N2C1. The molecule has 4 rings (SSSR count). The van der Waals surface area contributed by atoms with Gasteiger partial charge in [0.15, 0.2) is 10.8 Å². The molecule has 2 aromatic rings. The summed E-state index contributed by atoms with van der Waals surface area (Å²) in [6.45, 7) is 6.43. The number of hydrogen-bond acceptors (Lipinski definition) is 13. The van der Waals surface area contributed by atoms with E-state index in [4.69, 9.17) is 4.84 Å². The van der Waals surface area contributed by atoms with Crippen molar-refractivity contribution in [1.29, 1.82) is 0 Å². The van der Waals surface area contributed by atoms with Gasteiger partial charge < -0.3 is 25.5 Å². The number of oxime groups is 1. The number of allylic oxidation sites excluding steroid dienone is 1. The van der Waals surface area contributed by atoms with Gasteiger partial charge in [-0.15, -0.1) is 34.8 Å². The molecule has 0 aliphatic carbocycles. The summed E-state index contributed by atoms with van der Waals surface area (Å²) in [7, 11) is 0. The van der Waals surface area contributed by atoms with Crippen molar-refractivity contribution in [3.8, 4) is 0 Å². The average molecular weight is 638 g/mol. The lowest BCUT2D eigenvalue weighted by molar-refractivity contribution is -0.157. The number of aliphatic carboxylic acids is 1. The van der Waals surface area contributed by atoms with Crippen LogP contribution in [0.1, 0.15) is 38.3 Å². The van der Waals surface area contributed by atoms with Gasteiger partial charge in [-0.05, 0) is 23.3 Å². The number of carbonyl (C=O) groups is 4. The number of carboxylic acid groups (broad SMARTS) is 1. The minimum atomic E-state index is -1.23. The number of hydrogen-bond donors (Lipinski definition) is 3. The average Bonchev–Trinajstić information content (AvgIpc) is 3.64. The summed E-state index contributed by atoms with van der Waals surface area (Å²) in [6, 6.07) is -0.872. The predicted octanol–water partition coefficient (Wildman–Crippen LogP) is 1.45. The second kappa shape index (κ2) is 14.6. The molecular formula is C24H31N9O6S3. The van der Waals surface area contributed by atoms with Crippen molar-refractivity contribution in [2.75, 3.05) is 30.0 Å². The number of fused-ring (bicyclic) bond motifs is 1. The molecule has 15 nitrogen and oxygen atoms in total. The smallest absolute Gasteiger partial charge is 0.313 e. The maximum Gasteiger partial charge on any atom is 0.313 e. The van der Waals surface area contributed by atoms with Crippen molar-refractivity contribution in [2.45, 2.75) is 55.7 Å². The van der Waals surface area contributed by atoms with Crippen molar-refractivity contribution >= 4 is 69.9 Å². The molecule has 42 heavy (non-hydrogen) atoms. The molecular weight excluding hydrogens is 607 g/mol. The Hall–Kier alpha value is -3.51. The molecule has 2 aliphatic rings. The quantitative estimate of drug-likeness (QED) is 0.0430. The Morgan fingerprint density at radius 3 is 2.95 bits per heavy atom. The first-order valence-corrected chi connectivity index (χ1v) is 16.1. The van der Waals surface area contributed by atoms with Gasteiger partial charge in [0, 0.05) is 23.4 Å². The molecule has 2 aliphatic heterocycles. The van der Waals surface area contributed by atoms with E-state index in [0.717, 1.165) is 37.0 Å². The topological polar surface area (TPSA) is 194 Å². The van der Waals surface area contributed by atoms with Crippen LogP contribution in [0.15, 0.2) is 28.3 Å². The van der Waals surface area contributed by atoms with E-state index in [1.807, 2.05) is 0 Å². The predicted molar refractivity (Wildman–Crippen MR) is 157 cm³/mol. The van der Waals surface area contributed by atoms with Crippen LogP contribution in [-0.2, 0) is 30.6 Å². The van der Waals surface area contributed by atoms with Gasteiger partial charge in [-0.2, -0.15) is 0 Å². The van der Waals surface area contributed by atoms with Gasteiger partial charge in [0.05, 0.1) is 6.54 Å². The number of nitrogens with zero attached hydrogens (tertiary/aromatic N) is 7. The molecule has 3 atom stereocenters. The number of unbranched alkanes of at least 4 members (excludes halogenated alkanes) is 3. The van der Waals surface area contributed by atoms with Crippen molar-refractivity contribution in [1.82, 2.24) is 35.4 Å². The first-order valence-electron chi connectivity index (χ1n) is 13.2. The summed E-state index contributed by atoms with van der Waals surface area (Å²) in [5.74, 6) is -1.72. The second-order valence-electron chi connectivity index (χ2n) is 9.56. The first-order chi connectivity index (χ1) is 20.3. The first kappa shape index (κ1) is 31.4. The monoisotopic (exact) mass is 637 g/mol. The van der Waals surface area contributed by atoms with Crippen molar-refractivity contribution in [2.24, 2.45) is 10.6 Å². The lowest BCUT2D eigenvalue weighted by Gasteiger charge is -2.53. The fourth-order valence-corrected chi connectivity index (χ4v) is 7.66. The van der Waals surface area contributed by atoms with E-state index in [9.17, 15) is 24.3 Å². The van der Waals surface area contributed by atoms with Crippen molar-refractivity contribution in [3.05, 3.63) is 23.7 Å². The molecule has 4 heterocycles. The molecule has 2 fully saturated rings. The van der Waals surface area contributed by atoms with Crippen LogP contribution >= 0.6 is 34.9 Å². The van der Waals surface area contributed by atoms with Gasteiger partial charge >= 0.3 is 5.97 Å². The van der Waals surface area contributed by atoms with Crippen molar-refractivity contribution in [3.63, 3.8) is 0 Å². The fourth-order valence-electron chi connectivity index (χ4n) is 4.26. The number of rotatable bonds is 17. The van der Waals surface area contributed by atoms with E-state index < -0.39 is 34.6 Å². The Labute approximate surface area is 253 Å². The molecule has 0 spiro atoms. The van der Waals surface area contributed by atoms with Crippen LogP contribution in [-0.4, -0.2) is 101 Å². The van der Waals surface area contributed by atoms with Gasteiger partial charge in [0.1, 0.15) is 29.1 Å². The minimum absolute atomic E-state index is 0.0180. The standard InChI is InChI=1S/C24H31N9O6S3/c1-3-5-6-7-9-39-29-16(15-10-40-22(26-15)25-14-34)18(35)27-17-19(36)32-11-24(21(37)38,12-41-20(17)32)13-42-23-28-30-31-33(23)8-4-2/h4,10,14,17,20H,2-3,5-9,11-13H2,1H3,(H,27,35)(H,37,38)(H,25,26,34)/t17?,20-,24?/m1/s1. The third kappa shape index (κ3) is 7.09. The van der Waals surface area contributed by atoms with Crippen LogP contribution in [0.2, 0.25) is 0 Å². The highest BCUT2D eigenvalue weighted by molar-refractivity contribution is 8.00. The van der Waals surface area contributed by atoms with Crippen LogP contribution < -0.4 is 10.6 Å². The number of thiazole rings is 1. The second-order valence-corrected chi connectivity index (χ2v) is 12.5. The number of carbonyl (C=O) groups excluding carboxylic acids is 3. The lowest BCUT2D eigenvalue weighted by Crippen LogP contribution is -2.74. The van der Waals surface area contributed by atoms with Crippen LogP contribution in [0.25, 0.3) is 0 Å². The van der Waals surface area contributed by atoms with Gasteiger partial charge in [0.2, 0.25) is 17.5 Å². The van der Waals surface area contributed by atoms with E-state index >= 15 is 0 Å². The summed E-state index contributed by atoms with van der Waals surface area (Å²) >= 11 is 3.60. The van der Waals surface area contributed by atoms with Gasteiger partial charge in [-0.1, -0.05) is 42.8 Å². The Bertz CT molecular complexity index is 1330. The Kier molecular flexibility index (Phi) is 10.9. The highest BCUT2D eigenvalue weighted by atomic mass is 32.2. The molecule has 226 valence electrons. The number of aromatic nitrogens is 5. The maximum atomic E-state index is 13.3. The van der Waals surface area contributed by atoms with Crippen LogP contribution in [0.4, 0.5) is 5.13 Å². The molecule has 2 unspecified atom stereocenters. The Morgan fingerprint density at radius 1 is 1.38 bits per heavy atom. The summed E-state index contributed by atoms with van der Waals surface area (Å²) in [4.78, 5) is 60.7. The molecule has 2 saturated heterocycles. The number of carboxylic acids is 1. The number of tetrazole rings is 1. The van der Waals surface area contributed by atoms with E-state index in [2.05, 4.69) is 49.8 Å². The van der Waals surface area contributed by atoms with E-state index in [-0.39, 0.29) is 34.6 Å². The maximum absolute atomic E-state index is 13.3. The number of β-lactam (4-membered cyclic amide) rings is 1. The lowest BCUT2D eigenvalue weighted by atomic mass is 9.89. The summed E-state index contributed by atoms with van der Waals surface area (Å²) in [6.07, 6.45) is 5.96. The van der Waals surface area contributed by atoms with Crippen LogP contribution in [0.3, 0.4) is 0 Å². The number of nitrogens with one attached hydrogen (secondary N) is 2. The molecule has 3 amide bonds. The van der Waals surface area contributed by atoms with Crippen molar-refractivity contribution < 1.29 is 29.1 Å². The highest BCUT2D eigenvalue weighted by Gasteiger charge is 2.57. The third-order valence-electron chi connectivity index (χ3n) is 6.55. The Morgan fingerprint density at radius 2 is 2.21 bits per heavy atom. The molecule has 0 aromatic carbocycles. The summed E-state index contributed by atoms with van der Waals surface area (Å²) < 4.78 is 1.51. The number of amides is 3. The zero-order valence-electron chi connectivity index (χ0n) is 22.8. The van der Waals surface area contributed by atoms with Gasteiger partial charge in [0.25, 0.3) is 5.91 Å². The van der Waals surface area contributed by atoms with E-state index in [1.165, 1.54) is 33.1 Å². The minimum Gasteiger partial charge on any atom is -0.481 e. The summed E-state index contributed by atoms with van der Waals surface area (Å²) in [5.41, 5.74) is -1.17. The largest absolute Gasteiger partial charge is 0.481 e. The molecule has 0 saturated carbocycles. The molecule has 0 bridgehead atoms. The normalized spacial score (nSPS) is 21.7. The van der Waals surface area contributed by atoms with Crippen LogP contribution in [0.5, 0.6) is 0 Å². The zero-order valence-corrected chi connectivity index (χ0v) is 25.3.